The quantitative estimate of drug-likeness (QED) is 0.930. The zero-order valence-electron chi connectivity index (χ0n) is 11.1. The average molecular weight is 292 g/mol. The van der Waals surface area contributed by atoms with Crippen LogP contribution in [0.5, 0.6) is 5.75 Å². The maximum Gasteiger partial charge on any atom is 0.142 e. The van der Waals surface area contributed by atoms with Crippen LogP contribution in [0.1, 0.15) is 22.7 Å². The molecule has 2 aromatic carbocycles. The SMILES string of the molecule is CNC(c1ccc(Cl)c(F)c1)c1cccc2c1OCC2. The minimum Gasteiger partial charge on any atom is -0.493 e. The summed E-state index contributed by atoms with van der Waals surface area (Å²) in [5, 5.41) is 3.36. The topological polar surface area (TPSA) is 21.3 Å². The zero-order valence-corrected chi connectivity index (χ0v) is 11.9. The molecule has 3 rings (SSSR count). The molecule has 1 unspecified atom stereocenters. The van der Waals surface area contributed by atoms with Crippen LogP contribution in [0.2, 0.25) is 5.02 Å². The van der Waals surface area contributed by atoms with Crippen molar-refractivity contribution in [1.82, 2.24) is 5.32 Å². The lowest BCUT2D eigenvalue weighted by Gasteiger charge is -2.20. The van der Waals surface area contributed by atoms with Gasteiger partial charge in [-0.1, -0.05) is 35.9 Å². The Morgan fingerprint density at radius 1 is 1.30 bits per heavy atom. The summed E-state index contributed by atoms with van der Waals surface area (Å²) in [6, 6.07) is 10.9. The normalized spacial score (nSPS) is 14.8. The summed E-state index contributed by atoms with van der Waals surface area (Å²) in [6.07, 6.45) is 0.925. The van der Waals surface area contributed by atoms with Crippen molar-refractivity contribution in [3.63, 3.8) is 0 Å². The van der Waals surface area contributed by atoms with Crippen molar-refractivity contribution in [3.05, 3.63) is 63.9 Å². The fourth-order valence-electron chi connectivity index (χ4n) is 2.66. The largest absolute Gasteiger partial charge is 0.493 e. The first-order chi connectivity index (χ1) is 9.70. The lowest BCUT2D eigenvalue weighted by atomic mass is 9.96. The van der Waals surface area contributed by atoms with Crippen LogP contribution >= 0.6 is 11.6 Å². The Hall–Kier alpha value is -1.58. The van der Waals surface area contributed by atoms with Gasteiger partial charge in [-0.3, -0.25) is 0 Å². The molecule has 1 aliphatic heterocycles. The molecular weight excluding hydrogens is 277 g/mol. The van der Waals surface area contributed by atoms with Gasteiger partial charge in [0.2, 0.25) is 0 Å². The van der Waals surface area contributed by atoms with Gasteiger partial charge < -0.3 is 10.1 Å². The number of para-hydroxylation sites is 1. The number of nitrogens with one attached hydrogen (secondary N) is 1. The minimum atomic E-state index is -0.405. The lowest BCUT2D eigenvalue weighted by Crippen LogP contribution is -2.18. The van der Waals surface area contributed by atoms with Crippen LogP contribution < -0.4 is 10.1 Å². The van der Waals surface area contributed by atoms with E-state index in [0.717, 1.165) is 23.3 Å². The maximum atomic E-state index is 13.7. The van der Waals surface area contributed by atoms with Gasteiger partial charge in [0.05, 0.1) is 17.7 Å². The second kappa shape index (κ2) is 5.43. The number of halogens is 2. The molecular formula is C16H15ClFNO. The van der Waals surface area contributed by atoms with Crippen molar-refractivity contribution in [1.29, 1.82) is 0 Å². The fourth-order valence-corrected chi connectivity index (χ4v) is 2.78. The Labute approximate surface area is 122 Å². The summed E-state index contributed by atoms with van der Waals surface area (Å²) >= 11 is 5.75. The number of hydrogen-bond acceptors (Lipinski definition) is 2. The van der Waals surface area contributed by atoms with E-state index in [0.29, 0.717) is 6.61 Å². The Morgan fingerprint density at radius 3 is 2.90 bits per heavy atom. The molecule has 104 valence electrons. The van der Waals surface area contributed by atoms with Gasteiger partial charge in [-0.15, -0.1) is 0 Å². The Bertz CT molecular complexity index is 644. The van der Waals surface area contributed by atoms with Crippen molar-refractivity contribution in [3.8, 4) is 5.75 Å². The molecule has 1 aliphatic rings. The van der Waals surface area contributed by atoms with Gasteiger partial charge in [0.1, 0.15) is 11.6 Å². The molecule has 2 nitrogen and oxygen atoms in total. The van der Waals surface area contributed by atoms with Gasteiger partial charge in [0.15, 0.2) is 0 Å². The third kappa shape index (κ3) is 2.28. The van der Waals surface area contributed by atoms with Gasteiger partial charge in [-0.25, -0.2) is 4.39 Å². The lowest BCUT2D eigenvalue weighted by molar-refractivity contribution is 0.351. The number of rotatable bonds is 3. The van der Waals surface area contributed by atoms with Gasteiger partial charge in [0, 0.05) is 12.0 Å². The molecule has 0 fully saturated rings. The number of ether oxygens (including phenoxy) is 1. The first-order valence-electron chi connectivity index (χ1n) is 6.57. The van der Waals surface area contributed by atoms with Gasteiger partial charge in [-0.2, -0.15) is 0 Å². The van der Waals surface area contributed by atoms with Crippen LogP contribution in [0.3, 0.4) is 0 Å². The van der Waals surface area contributed by atoms with E-state index in [1.54, 1.807) is 6.07 Å². The molecule has 4 heteroatoms. The van der Waals surface area contributed by atoms with Crippen molar-refractivity contribution >= 4 is 11.6 Å². The molecule has 1 N–H and O–H groups in total. The molecule has 0 saturated heterocycles. The Kier molecular flexibility index (Phi) is 3.64. The molecule has 0 bridgehead atoms. The molecule has 0 saturated carbocycles. The summed E-state index contributed by atoms with van der Waals surface area (Å²) in [6.45, 7) is 0.706. The molecule has 1 heterocycles. The number of hydrogen-bond donors (Lipinski definition) is 1. The van der Waals surface area contributed by atoms with Crippen LogP contribution in [0.25, 0.3) is 0 Å². The predicted molar refractivity (Wildman–Crippen MR) is 78.0 cm³/mol. The van der Waals surface area contributed by atoms with E-state index in [4.69, 9.17) is 16.3 Å². The highest BCUT2D eigenvalue weighted by molar-refractivity contribution is 6.30. The second-order valence-corrected chi connectivity index (χ2v) is 5.24. The van der Waals surface area contributed by atoms with Crippen LogP contribution in [-0.2, 0) is 6.42 Å². The third-order valence-corrected chi connectivity index (χ3v) is 3.93. The fraction of sp³-hybridized carbons (Fsp3) is 0.250. The summed E-state index contributed by atoms with van der Waals surface area (Å²) in [5.41, 5.74) is 3.07. The van der Waals surface area contributed by atoms with E-state index in [1.165, 1.54) is 11.6 Å². The minimum absolute atomic E-state index is 0.116. The van der Waals surface area contributed by atoms with Gasteiger partial charge >= 0.3 is 0 Å². The van der Waals surface area contributed by atoms with Crippen molar-refractivity contribution in [2.24, 2.45) is 0 Å². The monoisotopic (exact) mass is 291 g/mol. The van der Waals surface area contributed by atoms with E-state index in [-0.39, 0.29) is 11.1 Å². The summed E-state index contributed by atoms with van der Waals surface area (Å²) in [4.78, 5) is 0. The first kappa shape index (κ1) is 13.4. The van der Waals surface area contributed by atoms with Gasteiger partial charge in [-0.05, 0) is 30.3 Å². The Balaban J connectivity index is 2.06. The van der Waals surface area contributed by atoms with E-state index < -0.39 is 5.82 Å². The van der Waals surface area contributed by atoms with E-state index >= 15 is 0 Å². The molecule has 0 radical (unpaired) electrons. The summed E-state index contributed by atoms with van der Waals surface area (Å²) in [7, 11) is 1.85. The highest BCUT2D eigenvalue weighted by Crippen LogP contribution is 2.36. The van der Waals surface area contributed by atoms with Crippen LogP contribution in [-0.4, -0.2) is 13.7 Å². The van der Waals surface area contributed by atoms with E-state index in [2.05, 4.69) is 11.4 Å². The average Bonchev–Trinajstić information content (AvgIpc) is 2.93. The molecule has 0 aliphatic carbocycles. The first-order valence-corrected chi connectivity index (χ1v) is 6.95. The third-order valence-electron chi connectivity index (χ3n) is 3.62. The Morgan fingerprint density at radius 2 is 2.15 bits per heavy atom. The van der Waals surface area contributed by atoms with E-state index in [1.807, 2.05) is 25.2 Å². The molecule has 20 heavy (non-hydrogen) atoms. The van der Waals surface area contributed by atoms with Crippen molar-refractivity contribution < 1.29 is 9.13 Å². The summed E-state index contributed by atoms with van der Waals surface area (Å²) < 4.78 is 19.4. The molecule has 1 atom stereocenters. The van der Waals surface area contributed by atoms with Crippen molar-refractivity contribution in [2.75, 3.05) is 13.7 Å². The van der Waals surface area contributed by atoms with Gasteiger partial charge in [0.25, 0.3) is 0 Å². The summed E-state index contributed by atoms with van der Waals surface area (Å²) in [5.74, 6) is 0.514. The molecule has 0 amide bonds. The number of fused-ring (bicyclic) bond motifs is 1. The molecule has 0 spiro atoms. The van der Waals surface area contributed by atoms with Crippen LogP contribution in [0.15, 0.2) is 36.4 Å². The zero-order chi connectivity index (χ0) is 14.1. The van der Waals surface area contributed by atoms with Crippen LogP contribution in [0, 0.1) is 5.82 Å². The maximum absolute atomic E-state index is 13.7. The predicted octanol–water partition coefficient (Wildman–Crippen LogP) is 3.72. The molecule has 2 aromatic rings. The van der Waals surface area contributed by atoms with E-state index in [9.17, 15) is 4.39 Å². The molecule has 0 aromatic heterocycles. The standard InChI is InChI=1S/C16H15ClFNO/c1-19-15(11-5-6-13(17)14(18)9-11)12-4-2-3-10-7-8-20-16(10)12/h2-6,9,15,19H,7-8H2,1H3. The highest BCUT2D eigenvalue weighted by Gasteiger charge is 2.22. The smallest absolute Gasteiger partial charge is 0.142 e. The second-order valence-electron chi connectivity index (χ2n) is 4.83. The van der Waals surface area contributed by atoms with Crippen molar-refractivity contribution in [2.45, 2.75) is 12.5 Å². The number of benzene rings is 2. The highest BCUT2D eigenvalue weighted by atomic mass is 35.5. The van der Waals surface area contributed by atoms with Crippen LogP contribution in [0.4, 0.5) is 4.39 Å².